The molecule has 3 amide bonds. The van der Waals surface area contributed by atoms with Crippen LogP contribution >= 0.6 is 11.6 Å². The summed E-state index contributed by atoms with van der Waals surface area (Å²) in [6.07, 6.45) is 10.7. The van der Waals surface area contributed by atoms with E-state index in [-0.39, 0.29) is 54.5 Å². The van der Waals surface area contributed by atoms with Crippen molar-refractivity contribution in [2.24, 2.45) is 11.8 Å². The van der Waals surface area contributed by atoms with Gasteiger partial charge in [-0.3, -0.25) is 24.4 Å². The van der Waals surface area contributed by atoms with E-state index in [9.17, 15) is 24.3 Å². The number of aromatic nitrogens is 2. The van der Waals surface area contributed by atoms with Gasteiger partial charge in [-0.05, 0) is 146 Å². The molecule has 1 spiro atoms. The SMILES string of the molecule is CNC(=O)c1ccc(-c2cccc(CC(=O)NCCNC(=O)c3ccc4c(c3)C3(CCC(Nc5cccc(Cl)c5)(C(=O)O)CC3)C(C[C@@H](C)COc3ccnc5c3[C@H](C)CCC5)C4)c2)cn1. The quantitative estimate of drug-likeness (QED) is 0.0608. The first-order valence-electron chi connectivity index (χ1n) is 23.2. The zero-order valence-corrected chi connectivity index (χ0v) is 38.7. The summed E-state index contributed by atoms with van der Waals surface area (Å²) < 4.78 is 6.59. The number of halogens is 1. The predicted molar refractivity (Wildman–Crippen MR) is 256 cm³/mol. The van der Waals surface area contributed by atoms with Gasteiger partial charge in [0.25, 0.3) is 11.8 Å². The minimum absolute atomic E-state index is 0.160. The van der Waals surface area contributed by atoms with Crippen LogP contribution in [0, 0.1) is 11.8 Å². The number of carboxylic acid groups (broad SMARTS) is 1. The van der Waals surface area contributed by atoms with Crippen LogP contribution in [-0.4, -0.2) is 71.0 Å². The third kappa shape index (κ3) is 10.1. The van der Waals surface area contributed by atoms with E-state index in [1.807, 2.05) is 66.9 Å². The van der Waals surface area contributed by atoms with Crippen LogP contribution in [0.2, 0.25) is 5.02 Å². The summed E-state index contributed by atoms with van der Waals surface area (Å²) in [5, 5.41) is 23.1. The molecule has 66 heavy (non-hydrogen) atoms. The van der Waals surface area contributed by atoms with E-state index in [4.69, 9.17) is 16.3 Å². The minimum atomic E-state index is -1.17. The molecule has 0 radical (unpaired) electrons. The number of pyridine rings is 2. The number of benzene rings is 3. The molecule has 1 fully saturated rings. The molecule has 2 heterocycles. The molecule has 0 bridgehead atoms. The van der Waals surface area contributed by atoms with Crippen LogP contribution in [0.1, 0.15) is 114 Å². The Morgan fingerprint density at radius 1 is 0.894 bits per heavy atom. The molecule has 2 aromatic heterocycles. The van der Waals surface area contributed by atoms with Gasteiger partial charge in [0.15, 0.2) is 0 Å². The molecular formula is C53H59ClN6O6. The summed E-state index contributed by atoms with van der Waals surface area (Å²) in [5.74, 6) is 0.219. The summed E-state index contributed by atoms with van der Waals surface area (Å²) in [7, 11) is 1.56. The second-order valence-electron chi connectivity index (χ2n) is 18.6. The number of hydrogen-bond donors (Lipinski definition) is 5. The largest absolute Gasteiger partial charge is 0.493 e. The van der Waals surface area contributed by atoms with Gasteiger partial charge >= 0.3 is 5.97 Å². The Bertz CT molecular complexity index is 2590. The van der Waals surface area contributed by atoms with Crippen molar-refractivity contribution in [2.75, 3.05) is 32.1 Å². The number of aliphatic carboxylic acids is 1. The number of aryl methyl sites for hydroxylation is 1. The highest BCUT2D eigenvalue weighted by atomic mass is 35.5. The zero-order valence-electron chi connectivity index (χ0n) is 37.9. The third-order valence-electron chi connectivity index (χ3n) is 14.1. The Balaban J connectivity index is 0.929. The molecule has 5 N–H and O–H groups in total. The monoisotopic (exact) mass is 910 g/mol. The summed E-state index contributed by atoms with van der Waals surface area (Å²) >= 11 is 6.31. The molecule has 344 valence electrons. The molecule has 1 unspecified atom stereocenters. The van der Waals surface area contributed by atoms with Crippen LogP contribution in [0.5, 0.6) is 5.75 Å². The molecule has 3 aromatic carbocycles. The van der Waals surface area contributed by atoms with Crippen LogP contribution < -0.4 is 26.0 Å². The van der Waals surface area contributed by atoms with Crippen molar-refractivity contribution in [3.8, 4) is 16.9 Å². The van der Waals surface area contributed by atoms with Crippen molar-refractivity contribution in [2.45, 2.75) is 94.9 Å². The fraction of sp³-hybridized carbons (Fsp3) is 0.396. The molecule has 12 nitrogen and oxygen atoms in total. The molecule has 3 atom stereocenters. The van der Waals surface area contributed by atoms with Crippen LogP contribution in [0.15, 0.2) is 97.3 Å². The minimum Gasteiger partial charge on any atom is -0.493 e. The second kappa shape index (κ2) is 20.1. The van der Waals surface area contributed by atoms with Gasteiger partial charge in [0.05, 0.1) is 13.0 Å². The third-order valence-corrected chi connectivity index (χ3v) is 14.4. The van der Waals surface area contributed by atoms with Gasteiger partial charge in [-0.2, -0.15) is 0 Å². The van der Waals surface area contributed by atoms with Gasteiger partial charge < -0.3 is 31.1 Å². The van der Waals surface area contributed by atoms with E-state index in [0.29, 0.717) is 60.2 Å². The number of nitrogens with one attached hydrogen (secondary N) is 4. The highest BCUT2D eigenvalue weighted by molar-refractivity contribution is 6.30. The Morgan fingerprint density at radius 2 is 1.70 bits per heavy atom. The lowest BCUT2D eigenvalue weighted by atomic mass is 9.59. The normalized spacial score (nSPS) is 21.2. The molecule has 13 heteroatoms. The van der Waals surface area contributed by atoms with Crippen LogP contribution in [-0.2, 0) is 34.3 Å². The van der Waals surface area contributed by atoms with Gasteiger partial charge in [-0.25, -0.2) is 4.79 Å². The molecular weight excluding hydrogens is 852 g/mol. The maximum Gasteiger partial charge on any atom is 0.329 e. The predicted octanol–water partition coefficient (Wildman–Crippen LogP) is 8.71. The van der Waals surface area contributed by atoms with E-state index >= 15 is 0 Å². The molecule has 0 saturated heterocycles. The lowest BCUT2D eigenvalue weighted by Gasteiger charge is -2.47. The van der Waals surface area contributed by atoms with E-state index in [2.05, 4.69) is 51.1 Å². The number of anilines is 1. The van der Waals surface area contributed by atoms with Gasteiger partial charge in [0.2, 0.25) is 5.91 Å². The first-order valence-corrected chi connectivity index (χ1v) is 23.6. The van der Waals surface area contributed by atoms with Crippen molar-refractivity contribution in [1.29, 1.82) is 0 Å². The Hall–Kier alpha value is -6.27. The maximum atomic E-state index is 13.8. The Labute approximate surface area is 391 Å². The number of carboxylic acids is 1. The number of amides is 3. The van der Waals surface area contributed by atoms with E-state index in [1.165, 1.54) is 11.1 Å². The van der Waals surface area contributed by atoms with Crippen molar-refractivity contribution in [1.82, 2.24) is 25.9 Å². The van der Waals surface area contributed by atoms with Crippen LogP contribution in [0.25, 0.3) is 11.1 Å². The van der Waals surface area contributed by atoms with Crippen molar-refractivity contribution < 1.29 is 29.0 Å². The fourth-order valence-electron chi connectivity index (χ4n) is 10.7. The lowest BCUT2D eigenvalue weighted by molar-refractivity contribution is -0.144. The number of hydrogen-bond acceptors (Lipinski definition) is 8. The van der Waals surface area contributed by atoms with E-state index < -0.39 is 11.5 Å². The number of rotatable bonds is 16. The molecule has 0 aliphatic heterocycles. The van der Waals surface area contributed by atoms with Crippen molar-refractivity contribution >= 4 is 41.0 Å². The Morgan fingerprint density at radius 3 is 2.45 bits per heavy atom. The van der Waals surface area contributed by atoms with Gasteiger partial charge in [-0.1, -0.05) is 67.9 Å². The zero-order chi connectivity index (χ0) is 46.4. The number of fused-ring (bicyclic) bond motifs is 3. The summed E-state index contributed by atoms with van der Waals surface area (Å²) in [6.45, 7) is 5.55. The maximum absolute atomic E-state index is 13.8. The number of carbonyl (C=O) groups is 4. The lowest BCUT2D eigenvalue weighted by Crippen LogP contribution is -2.53. The molecule has 5 aromatic rings. The molecule has 1 saturated carbocycles. The van der Waals surface area contributed by atoms with Gasteiger partial charge in [-0.15, -0.1) is 0 Å². The number of carbonyl (C=O) groups excluding carboxylic acids is 3. The summed E-state index contributed by atoms with van der Waals surface area (Å²) in [4.78, 5) is 60.7. The number of ether oxygens (including phenoxy) is 1. The average Bonchev–Trinajstić information content (AvgIpc) is 3.61. The standard InChI is InChI=1S/C53H59ClN6O6/c1-33(32-66-46-17-22-56-44-12-4-7-34(2)48(44)46)25-40-28-37-13-14-38(29-43(37)52(40)18-20-53(21-19-52,51(64)65)60-42-11-6-10-41(54)30-42)49(62)58-24-23-57-47(61)27-35-8-5-9-36(26-35)39-15-16-45(59-31-39)50(63)55-3/h5-6,8-11,13-17,22,26,29-31,33-34,40,60H,4,7,12,18-21,23-25,27-28,32H2,1-3H3,(H,55,63)(H,57,61)(H,58,62)(H,64,65)/t33-,34-,40?,52?,53?/m1/s1. The first kappa shape index (κ1) is 46.3. The highest BCUT2D eigenvalue weighted by Gasteiger charge is 2.54. The van der Waals surface area contributed by atoms with E-state index in [0.717, 1.165) is 65.8 Å². The molecule has 3 aliphatic carbocycles. The Kier molecular flexibility index (Phi) is 14.1. The van der Waals surface area contributed by atoms with Gasteiger partial charge in [0.1, 0.15) is 17.0 Å². The fourth-order valence-corrected chi connectivity index (χ4v) is 10.8. The molecule has 3 aliphatic rings. The topological polar surface area (TPSA) is 172 Å². The summed E-state index contributed by atoms with van der Waals surface area (Å²) in [5.41, 5.74) is 7.26. The smallest absolute Gasteiger partial charge is 0.329 e. The van der Waals surface area contributed by atoms with E-state index in [1.54, 1.807) is 31.4 Å². The van der Waals surface area contributed by atoms with Gasteiger partial charge in [0, 0.05) is 65.6 Å². The highest BCUT2D eigenvalue weighted by Crippen LogP contribution is 2.56. The van der Waals surface area contributed by atoms with Crippen molar-refractivity contribution in [3.05, 3.63) is 142 Å². The number of nitrogens with zero attached hydrogens (tertiary/aromatic N) is 2. The summed E-state index contributed by atoms with van der Waals surface area (Å²) in [6, 6.07) is 26.3. The molecule has 8 rings (SSSR count). The van der Waals surface area contributed by atoms with Crippen LogP contribution in [0.3, 0.4) is 0 Å². The average molecular weight is 912 g/mol. The second-order valence-corrected chi connectivity index (χ2v) is 19.0. The van der Waals surface area contributed by atoms with Crippen molar-refractivity contribution in [3.63, 3.8) is 0 Å². The first-order chi connectivity index (χ1) is 31.9. The van der Waals surface area contributed by atoms with Crippen LogP contribution in [0.4, 0.5) is 5.69 Å².